The first-order valence-electron chi connectivity index (χ1n) is 8.04. The lowest BCUT2D eigenvalue weighted by Crippen LogP contribution is -2.18. The van der Waals surface area contributed by atoms with Crippen molar-refractivity contribution in [1.82, 2.24) is 9.71 Å². The number of rotatable bonds is 7. The number of methoxy groups -OCH3 is 1. The highest BCUT2D eigenvalue weighted by Crippen LogP contribution is 2.30. The summed E-state index contributed by atoms with van der Waals surface area (Å²) in [4.78, 5) is 5.51. The SMILES string of the molecule is COc1cccc2c(Nc3ccc(SNCC(C)O)cc3)ccnc12. The molecule has 0 bridgehead atoms. The Morgan fingerprint density at radius 2 is 1.96 bits per heavy atom. The zero-order valence-corrected chi connectivity index (χ0v) is 15.0. The molecule has 0 spiro atoms. The van der Waals surface area contributed by atoms with Gasteiger partial charge in [0, 0.05) is 34.4 Å². The van der Waals surface area contributed by atoms with Gasteiger partial charge in [0.1, 0.15) is 11.3 Å². The van der Waals surface area contributed by atoms with Crippen molar-refractivity contribution in [1.29, 1.82) is 0 Å². The van der Waals surface area contributed by atoms with Crippen LogP contribution in [0, 0.1) is 0 Å². The van der Waals surface area contributed by atoms with Crippen LogP contribution in [0.1, 0.15) is 6.92 Å². The van der Waals surface area contributed by atoms with Crippen molar-refractivity contribution < 1.29 is 9.84 Å². The fourth-order valence-electron chi connectivity index (χ4n) is 2.43. The van der Waals surface area contributed by atoms with E-state index in [1.165, 1.54) is 11.9 Å². The summed E-state index contributed by atoms with van der Waals surface area (Å²) in [5.41, 5.74) is 2.82. The molecule has 0 aliphatic heterocycles. The number of hydrogen-bond acceptors (Lipinski definition) is 6. The average molecular weight is 355 g/mol. The first-order chi connectivity index (χ1) is 12.2. The Bertz CT molecular complexity index is 838. The highest BCUT2D eigenvalue weighted by Gasteiger charge is 2.07. The van der Waals surface area contributed by atoms with E-state index >= 15 is 0 Å². The minimum atomic E-state index is -0.356. The maximum atomic E-state index is 9.26. The molecule has 2 aromatic carbocycles. The summed E-state index contributed by atoms with van der Waals surface area (Å²) in [6, 6.07) is 16.0. The van der Waals surface area contributed by atoms with Crippen LogP contribution in [0.3, 0.4) is 0 Å². The number of fused-ring (bicyclic) bond motifs is 1. The Morgan fingerprint density at radius 1 is 1.16 bits per heavy atom. The van der Waals surface area contributed by atoms with Gasteiger partial charge in [-0.1, -0.05) is 12.1 Å². The third-order valence-corrected chi connectivity index (χ3v) is 4.47. The minimum Gasteiger partial charge on any atom is -0.494 e. The van der Waals surface area contributed by atoms with E-state index in [4.69, 9.17) is 4.74 Å². The van der Waals surface area contributed by atoms with Crippen LogP contribution < -0.4 is 14.8 Å². The third kappa shape index (κ3) is 4.42. The van der Waals surface area contributed by atoms with Gasteiger partial charge in [0.2, 0.25) is 0 Å². The summed E-state index contributed by atoms with van der Waals surface area (Å²) in [6.45, 7) is 2.31. The summed E-state index contributed by atoms with van der Waals surface area (Å²) in [5, 5.41) is 13.7. The maximum absolute atomic E-state index is 9.26. The van der Waals surface area contributed by atoms with Crippen LogP contribution in [-0.2, 0) is 0 Å². The third-order valence-electron chi connectivity index (χ3n) is 3.66. The van der Waals surface area contributed by atoms with Crippen molar-refractivity contribution in [3.8, 4) is 5.75 Å². The standard InChI is InChI=1S/C19H21N3O2S/c1-13(23)12-21-25-15-8-6-14(7-9-15)22-17-10-11-20-19-16(17)4-3-5-18(19)24-2/h3-11,13,21,23H,12H2,1-2H3,(H,20,22). The molecule has 1 heterocycles. The summed E-state index contributed by atoms with van der Waals surface area (Å²) < 4.78 is 8.52. The van der Waals surface area contributed by atoms with E-state index in [9.17, 15) is 5.11 Å². The van der Waals surface area contributed by atoms with E-state index in [0.717, 1.165) is 32.9 Å². The number of aliphatic hydroxyl groups is 1. The number of aliphatic hydroxyl groups excluding tert-OH is 1. The van der Waals surface area contributed by atoms with Crippen LogP contribution in [0.15, 0.2) is 59.6 Å². The van der Waals surface area contributed by atoms with Gasteiger partial charge >= 0.3 is 0 Å². The number of benzene rings is 2. The van der Waals surface area contributed by atoms with Gasteiger partial charge in [0.05, 0.1) is 13.2 Å². The molecule has 1 atom stereocenters. The first kappa shape index (κ1) is 17.5. The monoisotopic (exact) mass is 355 g/mol. The highest BCUT2D eigenvalue weighted by molar-refractivity contribution is 7.97. The summed E-state index contributed by atoms with van der Waals surface area (Å²) >= 11 is 1.51. The number of para-hydroxylation sites is 1. The van der Waals surface area contributed by atoms with Crippen LogP contribution in [0.2, 0.25) is 0 Å². The Morgan fingerprint density at radius 3 is 2.68 bits per heavy atom. The zero-order valence-electron chi connectivity index (χ0n) is 14.2. The summed E-state index contributed by atoms with van der Waals surface area (Å²) in [7, 11) is 1.65. The zero-order chi connectivity index (χ0) is 17.6. The van der Waals surface area contributed by atoms with E-state index in [0.29, 0.717) is 6.54 Å². The predicted octanol–water partition coefficient (Wildman–Crippen LogP) is 3.96. The maximum Gasteiger partial charge on any atom is 0.145 e. The Balaban J connectivity index is 1.75. The molecule has 3 N–H and O–H groups in total. The van der Waals surface area contributed by atoms with Crippen LogP contribution in [0.4, 0.5) is 11.4 Å². The number of ether oxygens (including phenoxy) is 1. The molecular weight excluding hydrogens is 334 g/mol. The molecule has 0 saturated heterocycles. The molecule has 1 aromatic heterocycles. The average Bonchev–Trinajstić information content (AvgIpc) is 2.62. The molecule has 3 rings (SSSR count). The van der Waals surface area contributed by atoms with E-state index < -0.39 is 0 Å². The molecule has 0 radical (unpaired) electrons. The molecule has 6 heteroatoms. The molecule has 0 saturated carbocycles. The molecule has 0 amide bonds. The van der Waals surface area contributed by atoms with Crippen molar-refractivity contribution in [2.45, 2.75) is 17.9 Å². The number of aromatic nitrogens is 1. The van der Waals surface area contributed by atoms with Gasteiger partial charge in [0.25, 0.3) is 0 Å². The molecule has 3 aromatic rings. The van der Waals surface area contributed by atoms with E-state index in [1.54, 1.807) is 20.2 Å². The number of hydrogen-bond donors (Lipinski definition) is 3. The second-order valence-corrected chi connectivity index (χ2v) is 6.63. The normalized spacial score (nSPS) is 12.1. The predicted molar refractivity (Wildman–Crippen MR) is 104 cm³/mol. The fraction of sp³-hybridized carbons (Fsp3) is 0.211. The van der Waals surface area contributed by atoms with Crippen molar-refractivity contribution in [2.24, 2.45) is 0 Å². The molecule has 130 valence electrons. The number of nitrogens with zero attached hydrogens (tertiary/aromatic N) is 1. The highest BCUT2D eigenvalue weighted by atomic mass is 32.2. The minimum absolute atomic E-state index is 0.356. The van der Waals surface area contributed by atoms with E-state index in [2.05, 4.69) is 15.0 Å². The van der Waals surface area contributed by atoms with Crippen LogP contribution in [0.25, 0.3) is 10.9 Å². The molecule has 0 aliphatic carbocycles. The first-order valence-corrected chi connectivity index (χ1v) is 8.85. The molecule has 0 aliphatic rings. The van der Waals surface area contributed by atoms with E-state index in [1.807, 2.05) is 48.5 Å². The molecule has 5 nitrogen and oxygen atoms in total. The van der Waals surface area contributed by atoms with Crippen LogP contribution in [0.5, 0.6) is 5.75 Å². The Kier molecular flexibility index (Phi) is 5.75. The van der Waals surface area contributed by atoms with Gasteiger partial charge in [-0.05, 0) is 55.3 Å². The van der Waals surface area contributed by atoms with Crippen LogP contribution >= 0.6 is 11.9 Å². The lowest BCUT2D eigenvalue weighted by Gasteiger charge is -2.12. The Labute approximate surface area is 151 Å². The van der Waals surface area contributed by atoms with Crippen LogP contribution in [-0.4, -0.2) is 29.8 Å². The van der Waals surface area contributed by atoms with Gasteiger partial charge in [-0.2, -0.15) is 0 Å². The lowest BCUT2D eigenvalue weighted by atomic mass is 10.1. The van der Waals surface area contributed by atoms with Crippen molar-refractivity contribution in [2.75, 3.05) is 19.0 Å². The topological polar surface area (TPSA) is 66.4 Å². The van der Waals surface area contributed by atoms with E-state index in [-0.39, 0.29) is 6.10 Å². The van der Waals surface area contributed by atoms with Crippen molar-refractivity contribution in [3.63, 3.8) is 0 Å². The second-order valence-electron chi connectivity index (χ2n) is 5.66. The van der Waals surface area contributed by atoms with Gasteiger partial charge < -0.3 is 15.2 Å². The fourth-order valence-corrected chi connectivity index (χ4v) is 3.19. The largest absolute Gasteiger partial charge is 0.494 e. The molecule has 25 heavy (non-hydrogen) atoms. The number of pyridine rings is 1. The van der Waals surface area contributed by atoms with Crippen molar-refractivity contribution >= 4 is 34.2 Å². The van der Waals surface area contributed by atoms with Gasteiger partial charge in [-0.15, -0.1) is 0 Å². The quantitative estimate of drug-likeness (QED) is 0.558. The number of anilines is 2. The molecule has 1 unspecified atom stereocenters. The van der Waals surface area contributed by atoms with Gasteiger partial charge in [-0.25, -0.2) is 0 Å². The smallest absolute Gasteiger partial charge is 0.145 e. The molecular formula is C19H21N3O2S. The number of nitrogens with one attached hydrogen (secondary N) is 2. The summed E-state index contributed by atoms with van der Waals surface area (Å²) in [5.74, 6) is 0.761. The second kappa shape index (κ2) is 8.20. The van der Waals surface area contributed by atoms with Crippen molar-refractivity contribution in [3.05, 3.63) is 54.7 Å². The van der Waals surface area contributed by atoms with Gasteiger partial charge in [0.15, 0.2) is 0 Å². The summed E-state index contributed by atoms with van der Waals surface area (Å²) in [6.07, 6.45) is 1.42. The molecule has 0 fully saturated rings. The lowest BCUT2D eigenvalue weighted by molar-refractivity contribution is 0.200. The Hall–Kier alpha value is -2.28. The van der Waals surface area contributed by atoms with Gasteiger partial charge in [-0.3, -0.25) is 9.71 Å².